The number of carbonyl (C=O) groups excluding carboxylic acids is 1. The molecule has 1 N–H and O–H groups in total. The van der Waals surface area contributed by atoms with Crippen LogP contribution in [0.15, 0.2) is 41.5 Å². The van der Waals surface area contributed by atoms with Crippen LogP contribution in [-0.4, -0.2) is 27.8 Å². The summed E-state index contributed by atoms with van der Waals surface area (Å²) in [7, 11) is 1.73. The van der Waals surface area contributed by atoms with Crippen molar-refractivity contribution < 1.29 is 4.79 Å². The Morgan fingerprint density at radius 1 is 1.30 bits per heavy atom. The highest BCUT2D eigenvalue weighted by atomic mass is 16.2. The van der Waals surface area contributed by atoms with Crippen LogP contribution in [0.1, 0.15) is 34.6 Å². The van der Waals surface area contributed by atoms with E-state index in [1.54, 1.807) is 37.3 Å². The van der Waals surface area contributed by atoms with Crippen molar-refractivity contribution in [1.82, 2.24) is 14.9 Å². The lowest BCUT2D eigenvalue weighted by atomic mass is 10.1. The third kappa shape index (κ3) is 2.93. The van der Waals surface area contributed by atoms with Crippen LogP contribution in [0.2, 0.25) is 0 Å². The van der Waals surface area contributed by atoms with Crippen molar-refractivity contribution >= 4 is 5.91 Å². The van der Waals surface area contributed by atoms with Gasteiger partial charge in [0.15, 0.2) is 0 Å². The van der Waals surface area contributed by atoms with Crippen LogP contribution < -0.4 is 5.56 Å². The molecule has 0 aliphatic rings. The van der Waals surface area contributed by atoms with Gasteiger partial charge < -0.3 is 9.88 Å². The molecule has 0 spiro atoms. The third-order valence-electron chi connectivity index (χ3n) is 3.32. The van der Waals surface area contributed by atoms with Crippen LogP contribution >= 0.6 is 0 Å². The van der Waals surface area contributed by atoms with Crippen LogP contribution in [0, 0.1) is 6.92 Å². The van der Waals surface area contributed by atoms with Gasteiger partial charge in [-0.1, -0.05) is 0 Å². The molecular formula is C15H17N3O2. The summed E-state index contributed by atoms with van der Waals surface area (Å²) < 4.78 is 0. The van der Waals surface area contributed by atoms with Crippen LogP contribution in [0.25, 0.3) is 0 Å². The fourth-order valence-corrected chi connectivity index (χ4v) is 2.05. The highest BCUT2D eigenvalue weighted by Crippen LogP contribution is 2.19. The molecule has 0 aliphatic heterocycles. The van der Waals surface area contributed by atoms with Crippen LogP contribution in [-0.2, 0) is 0 Å². The van der Waals surface area contributed by atoms with Gasteiger partial charge in [-0.05, 0) is 37.6 Å². The lowest BCUT2D eigenvalue weighted by Gasteiger charge is -2.25. The zero-order chi connectivity index (χ0) is 14.7. The fraction of sp³-hybridized carbons (Fsp3) is 0.267. The Bertz CT molecular complexity index is 664. The number of aromatic nitrogens is 2. The van der Waals surface area contributed by atoms with Crippen molar-refractivity contribution in [2.24, 2.45) is 0 Å². The van der Waals surface area contributed by atoms with E-state index in [1.807, 2.05) is 19.1 Å². The molecule has 0 radical (unpaired) electrons. The van der Waals surface area contributed by atoms with Gasteiger partial charge in [-0.25, -0.2) is 0 Å². The molecule has 104 valence electrons. The van der Waals surface area contributed by atoms with Gasteiger partial charge in [0.25, 0.3) is 5.91 Å². The first-order chi connectivity index (χ1) is 9.49. The lowest BCUT2D eigenvalue weighted by molar-refractivity contribution is 0.0742. The molecule has 5 heteroatoms. The minimum Gasteiger partial charge on any atom is -0.335 e. The minimum absolute atomic E-state index is 0.0925. The molecule has 2 aromatic rings. The Kier molecular flexibility index (Phi) is 3.98. The Morgan fingerprint density at radius 3 is 2.55 bits per heavy atom. The number of H-pyrrole nitrogens is 1. The summed E-state index contributed by atoms with van der Waals surface area (Å²) in [6, 6.07) is 6.66. The Hall–Kier alpha value is -2.43. The summed E-state index contributed by atoms with van der Waals surface area (Å²) in [6.07, 6.45) is 3.39. The molecular weight excluding hydrogens is 254 g/mol. The largest absolute Gasteiger partial charge is 0.335 e. The molecule has 20 heavy (non-hydrogen) atoms. The van der Waals surface area contributed by atoms with Gasteiger partial charge in [0, 0.05) is 36.8 Å². The number of aryl methyl sites for hydroxylation is 1. The standard InChI is InChI=1S/C15H17N3O2/c1-10-8-13(9-14(19)17-10)15(20)18(3)11(2)12-4-6-16-7-5-12/h4-9,11H,1-3H3,(H,17,19). The van der Waals surface area contributed by atoms with E-state index < -0.39 is 0 Å². The van der Waals surface area contributed by atoms with Crippen molar-refractivity contribution in [3.63, 3.8) is 0 Å². The second kappa shape index (κ2) is 5.69. The predicted octanol–water partition coefficient (Wildman–Crippen LogP) is 1.91. The normalized spacial score (nSPS) is 11.9. The SMILES string of the molecule is Cc1cc(C(=O)N(C)C(C)c2ccncc2)cc(=O)[nH]1. The number of nitrogens with one attached hydrogen (secondary N) is 1. The average molecular weight is 271 g/mol. The topological polar surface area (TPSA) is 66.1 Å². The van der Waals surface area contributed by atoms with Gasteiger partial charge in [0.1, 0.15) is 0 Å². The molecule has 1 atom stereocenters. The third-order valence-corrected chi connectivity index (χ3v) is 3.32. The molecule has 0 aromatic carbocycles. The van der Waals surface area contributed by atoms with Crippen LogP contribution in [0.3, 0.4) is 0 Å². The number of aromatic amines is 1. The van der Waals surface area contributed by atoms with E-state index in [9.17, 15) is 9.59 Å². The van der Waals surface area contributed by atoms with E-state index in [-0.39, 0.29) is 17.5 Å². The maximum atomic E-state index is 12.4. The Labute approximate surface area is 117 Å². The first-order valence-corrected chi connectivity index (χ1v) is 6.37. The molecule has 0 aliphatic carbocycles. The molecule has 1 amide bonds. The highest BCUT2D eigenvalue weighted by Gasteiger charge is 2.19. The zero-order valence-electron chi connectivity index (χ0n) is 11.8. The molecule has 2 aromatic heterocycles. The monoisotopic (exact) mass is 271 g/mol. The van der Waals surface area contributed by atoms with E-state index in [0.29, 0.717) is 11.3 Å². The molecule has 1 unspecified atom stereocenters. The maximum Gasteiger partial charge on any atom is 0.254 e. The van der Waals surface area contributed by atoms with E-state index in [1.165, 1.54) is 6.07 Å². The van der Waals surface area contributed by atoms with Gasteiger partial charge in [-0.15, -0.1) is 0 Å². The van der Waals surface area contributed by atoms with Crippen LogP contribution in [0.4, 0.5) is 0 Å². The smallest absolute Gasteiger partial charge is 0.254 e. The van der Waals surface area contributed by atoms with E-state index in [2.05, 4.69) is 9.97 Å². The number of amides is 1. The number of hydrogen-bond donors (Lipinski definition) is 1. The van der Waals surface area contributed by atoms with Gasteiger partial charge in [-0.3, -0.25) is 14.6 Å². The molecule has 5 nitrogen and oxygen atoms in total. The molecule has 2 rings (SSSR count). The summed E-state index contributed by atoms with van der Waals surface area (Å²) in [6.45, 7) is 3.69. The number of nitrogens with zero attached hydrogens (tertiary/aromatic N) is 2. The Balaban J connectivity index is 2.26. The summed E-state index contributed by atoms with van der Waals surface area (Å²) >= 11 is 0. The first kappa shape index (κ1) is 14.0. The van der Waals surface area contributed by atoms with Crippen molar-refractivity contribution in [2.45, 2.75) is 19.9 Å². The molecule has 0 saturated carbocycles. The second-order valence-corrected chi connectivity index (χ2v) is 4.79. The van der Waals surface area contributed by atoms with E-state index in [0.717, 1.165) is 5.56 Å². The highest BCUT2D eigenvalue weighted by molar-refractivity contribution is 5.94. The summed E-state index contributed by atoms with van der Waals surface area (Å²) in [5.41, 5.74) is 1.80. The second-order valence-electron chi connectivity index (χ2n) is 4.79. The lowest BCUT2D eigenvalue weighted by Crippen LogP contribution is -2.30. The average Bonchev–Trinajstić information content (AvgIpc) is 2.45. The molecule has 0 saturated heterocycles. The maximum absolute atomic E-state index is 12.4. The number of pyridine rings is 2. The van der Waals surface area contributed by atoms with Crippen molar-refractivity contribution in [2.75, 3.05) is 7.05 Å². The summed E-state index contributed by atoms with van der Waals surface area (Å²) in [5.74, 6) is -0.177. The fourth-order valence-electron chi connectivity index (χ4n) is 2.05. The number of carbonyl (C=O) groups is 1. The zero-order valence-corrected chi connectivity index (χ0v) is 11.8. The van der Waals surface area contributed by atoms with Gasteiger partial charge in [-0.2, -0.15) is 0 Å². The minimum atomic E-state index is -0.265. The van der Waals surface area contributed by atoms with Crippen molar-refractivity contribution in [3.8, 4) is 0 Å². The number of hydrogen-bond acceptors (Lipinski definition) is 3. The van der Waals surface area contributed by atoms with E-state index >= 15 is 0 Å². The van der Waals surface area contributed by atoms with Gasteiger partial charge in [0.05, 0.1) is 6.04 Å². The van der Waals surface area contributed by atoms with Gasteiger partial charge >= 0.3 is 0 Å². The molecule has 2 heterocycles. The molecule has 0 fully saturated rings. The van der Waals surface area contributed by atoms with Crippen molar-refractivity contribution in [1.29, 1.82) is 0 Å². The molecule has 0 bridgehead atoms. The summed E-state index contributed by atoms with van der Waals surface area (Å²) in [5, 5.41) is 0. The van der Waals surface area contributed by atoms with Gasteiger partial charge in [0.2, 0.25) is 5.56 Å². The predicted molar refractivity (Wildman–Crippen MR) is 76.5 cm³/mol. The number of rotatable bonds is 3. The van der Waals surface area contributed by atoms with E-state index in [4.69, 9.17) is 0 Å². The van der Waals surface area contributed by atoms with Crippen LogP contribution in [0.5, 0.6) is 0 Å². The summed E-state index contributed by atoms with van der Waals surface area (Å²) in [4.78, 5) is 32.1. The Morgan fingerprint density at radius 2 is 1.95 bits per heavy atom. The quantitative estimate of drug-likeness (QED) is 0.927. The van der Waals surface area contributed by atoms with Crippen molar-refractivity contribution in [3.05, 3.63) is 63.8 Å². The first-order valence-electron chi connectivity index (χ1n) is 6.37.